The van der Waals surface area contributed by atoms with Crippen LogP contribution >= 0.6 is 46.4 Å². The van der Waals surface area contributed by atoms with Crippen molar-refractivity contribution in [3.05, 3.63) is 86.3 Å². The molecule has 3 nitrogen and oxygen atoms in total. The Kier molecular flexibility index (Phi) is 4.39. The third kappa shape index (κ3) is 4.90. The molecule has 0 aliphatic carbocycles. The summed E-state index contributed by atoms with van der Waals surface area (Å²) in [7, 11) is 0. The molecule has 3 aromatic rings. The Balaban J connectivity index is 2.19. The first-order chi connectivity index (χ1) is 13.9. The number of ether oxygens (including phenoxy) is 1. The topological polar surface area (TPSA) is 27.1 Å². The van der Waals surface area contributed by atoms with Gasteiger partial charge in [0, 0.05) is 38.0 Å². The first kappa shape index (κ1) is 13.0. The Hall–Kier alpha value is -1.23. The molecule has 0 saturated heterocycles. The lowest BCUT2D eigenvalue weighted by atomic mass is 10.1. The van der Waals surface area contributed by atoms with Gasteiger partial charge in [-0.1, -0.05) is 58.5 Å². The standard InChI is InChI=1S/C18H14Cl4N2O/c19-13-2-1-12(16(21)7-13)10-25-18(9-24-6-5-23-11-24)15-4-3-14(20)8-17(15)22/h1-8,11,18H,9-10H2/i9D2,10D2,18D. The minimum Gasteiger partial charge on any atom is -0.367 e. The summed E-state index contributed by atoms with van der Waals surface area (Å²) in [4.78, 5) is 3.81. The molecule has 7 heteroatoms. The van der Waals surface area contributed by atoms with E-state index in [1.54, 1.807) is 0 Å². The van der Waals surface area contributed by atoms with Gasteiger partial charge in [-0.25, -0.2) is 4.98 Å². The van der Waals surface area contributed by atoms with Gasteiger partial charge in [0.05, 0.1) is 26.2 Å². The fourth-order valence-electron chi connectivity index (χ4n) is 1.93. The van der Waals surface area contributed by atoms with Gasteiger partial charge in [-0.15, -0.1) is 0 Å². The summed E-state index contributed by atoms with van der Waals surface area (Å²) < 4.78 is 49.6. The Labute approximate surface area is 173 Å². The molecular weight excluding hydrogens is 402 g/mol. The van der Waals surface area contributed by atoms with Crippen LogP contribution in [-0.4, -0.2) is 9.55 Å². The van der Waals surface area contributed by atoms with E-state index in [0.717, 1.165) is 10.9 Å². The summed E-state index contributed by atoms with van der Waals surface area (Å²) in [5.41, 5.74) is -0.266. The highest BCUT2D eigenvalue weighted by atomic mass is 35.5. The van der Waals surface area contributed by atoms with Crippen LogP contribution in [0.15, 0.2) is 55.1 Å². The van der Waals surface area contributed by atoms with Crippen LogP contribution < -0.4 is 0 Å². The van der Waals surface area contributed by atoms with Crippen LogP contribution in [0.4, 0.5) is 0 Å². The van der Waals surface area contributed by atoms with Crippen molar-refractivity contribution < 1.29 is 11.6 Å². The molecule has 0 radical (unpaired) electrons. The minimum absolute atomic E-state index is 0.0414. The summed E-state index contributed by atoms with van der Waals surface area (Å²) in [5, 5.41) is 0.434. The quantitative estimate of drug-likeness (QED) is 0.457. The van der Waals surface area contributed by atoms with Gasteiger partial charge in [-0.3, -0.25) is 0 Å². The second-order valence-electron chi connectivity index (χ2n) is 4.86. The Bertz CT molecular complexity index is 1060. The number of rotatable bonds is 6. The minimum atomic E-state index is -2.69. The number of hydrogen-bond donors (Lipinski definition) is 0. The zero-order valence-electron chi connectivity index (χ0n) is 17.5. The van der Waals surface area contributed by atoms with Crippen molar-refractivity contribution in [1.82, 2.24) is 9.55 Å². The molecule has 1 heterocycles. The fourth-order valence-corrected chi connectivity index (χ4v) is 2.87. The van der Waals surface area contributed by atoms with Gasteiger partial charge in [0.1, 0.15) is 6.08 Å². The molecule has 0 N–H and O–H groups in total. The SMILES string of the molecule is [2H]C([2H])(OC([2H])(c1ccc(Cl)cc1Cl)C([2H])([2H])n1ccnc1)c1ccc(Cl)cc1Cl. The van der Waals surface area contributed by atoms with E-state index < -0.39 is 19.1 Å². The van der Waals surface area contributed by atoms with E-state index in [4.69, 9.17) is 58.0 Å². The Morgan fingerprint density at radius 1 is 1.08 bits per heavy atom. The maximum Gasteiger partial charge on any atom is 0.102 e. The summed E-state index contributed by atoms with van der Waals surface area (Å²) in [6, 6.07) is 8.08. The van der Waals surface area contributed by atoms with E-state index >= 15 is 0 Å². The van der Waals surface area contributed by atoms with Crippen molar-refractivity contribution in [3.8, 4) is 0 Å². The number of nitrogens with zero attached hydrogens (tertiary/aromatic N) is 2. The largest absolute Gasteiger partial charge is 0.367 e. The number of halogens is 4. The first-order valence-electron chi connectivity index (χ1n) is 9.48. The van der Waals surface area contributed by atoms with E-state index in [-0.39, 0.29) is 31.2 Å². The van der Waals surface area contributed by atoms with Crippen molar-refractivity contribution in [2.75, 3.05) is 0 Å². The molecule has 1 unspecified atom stereocenters. The smallest absolute Gasteiger partial charge is 0.102 e. The van der Waals surface area contributed by atoms with Crippen LogP contribution in [0.5, 0.6) is 0 Å². The van der Waals surface area contributed by atoms with E-state index in [2.05, 4.69) is 4.98 Å². The summed E-state index contributed by atoms with van der Waals surface area (Å²) in [6.45, 7) is -5.34. The van der Waals surface area contributed by atoms with Crippen molar-refractivity contribution >= 4 is 46.4 Å². The van der Waals surface area contributed by atoms with Gasteiger partial charge in [0.2, 0.25) is 0 Å². The van der Waals surface area contributed by atoms with Crippen LogP contribution in [0.3, 0.4) is 0 Å². The van der Waals surface area contributed by atoms with Gasteiger partial charge in [0.25, 0.3) is 0 Å². The van der Waals surface area contributed by atoms with E-state index in [1.807, 2.05) is 0 Å². The Morgan fingerprint density at radius 3 is 2.44 bits per heavy atom. The lowest BCUT2D eigenvalue weighted by Gasteiger charge is -2.21. The maximum atomic E-state index is 8.99. The Morgan fingerprint density at radius 2 is 1.80 bits per heavy atom. The number of imidazole rings is 1. The van der Waals surface area contributed by atoms with E-state index in [1.165, 1.54) is 48.8 Å². The number of hydrogen-bond acceptors (Lipinski definition) is 2. The van der Waals surface area contributed by atoms with Crippen molar-refractivity contribution in [1.29, 1.82) is 0 Å². The molecule has 0 saturated carbocycles. The highest BCUT2D eigenvalue weighted by Crippen LogP contribution is 2.31. The number of benzene rings is 2. The zero-order valence-corrected chi connectivity index (χ0v) is 15.5. The fraction of sp³-hybridized carbons (Fsp3) is 0.167. The molecule has 2 aromatic carbocycles. The van der Waals surface area contributed by atoms with Gasteiger partial charge in [-0.2, -0.15) is 0 Å². The highest BCUT2D eigenvalue weighted by Gasteiger charge is 2.17. The van der Waals surface area contributed by atoms with Gasteiger partial charge >= 0.3 is 0 Å². The monoisotopic (exact) mass is 419 g/mol. The molecule has 1 atom stereocenters. The highest BCUT2D eigenvalue weighted by molar-refractivity contribution is 6.35. The van der Waals surface area contributed by atoms with E-state index in [0.29, 0.717) is 0 Å². The van der Waals surface area contributed by atoms with E-state index in [9.17, 15) is 0 Å². The third-order valence-corrected chi connectivity index (χ3v) is 4.20. The molecule has 1 aromatic heterocycles. The molecule has 130 valence electrons. The maximum absolute atomic E-state index is 8.99. The second-order valence-corrected chi connectivity index (χ2v) is 6.55. The summed E-state index contributed by atoms with van der Waals surface area (Å²) in [6.07, 6.45) is 1.09. The molecule has 0 spiro atoms. The van der Waals surface area contributed by atoms with Crippen LogP contribution in [0.2, 0.25) is 20.1 Å². The molecular formula is C18H14Cl4N2O. The molecule has 0 amide bonds. The molecule has 0 aliphatic heterocycles. The normalized spacial score (nSPS) is 17.7. The molecule has 0 bridgehead atoms. The van der Waals surface area contributed by atoms with Crippen LogP contribution in [-0.2, 0) is 17.8 Å². The first-order valence-corrected chi connectivity index (χ1v) is 8.49. The summed E-state index contributed by atoms with van der Waals surface area (Å²) in [5.74, 6) is 0. The molecule has 25 heavy (non-hydrogen) atoms. The molecule has 0 fully saturated rings. The third-order valence-electron chi connectivity index (χ3n) is 3.10. The average molecular weight is 421 g/mol. The van der Waals surface area contributed by atoms with Crippen molar-refractivity contribution in [2.45, 2.75) is 19.1 Å². The average Bonchev–Trinajstić information content (AvgIpc) is 3.15. The second kappa shape index (κ2) is 8.43. The van der Waals surface area contributed by atoms with Gasteiger partial charge in [0.15, 0.2) is 0 Å². The van der Waals surface area contributed by atoms with Gasteiger partial charge in [-0.05, 0) is 29.8 Å². The van der Waals surface area contributed by atoms with Crippen LogP contribution in [0.1, 0.15) is 24.1 Å². The van der Waals surface area contributed by atoms with Gasteiger partial charge < -0.3 is 9.30 Å². The number of aromatic nitrogens is 2. The van der Waals surface area contributed by atoms with Crippen molar-refractivity contribution in [3.63, 3.8) is 0 Å². The van der Waals surface area contributed by atoms with Crippen molar-refractivity contribution in [2.24, 2.45) is 0 Å². The van der Waals surface area contributed by atoms with Crippen LogP contribution in [0, 0.1) is 0 Å². The van der Waals surface area contributed by atoms with Crippen LogP contribution in [0.25, 0.3) is 0 Å². The zero-order chi connectivity index (χ0) is 22.3. The predicted octanol–water partition coefficient (Wildman–Crippen LogP) is 6.45. The molecule has 3 rings (SSSR count). The molecule has 0 aliphatic rings. The lowest BCUT2D eigenvalue weighted by Crippen LogP contribution is -2.12. The lowest BCUT2D eigenvalue weighted by molar-refractivity contribution is 0.0281. The predicted molar refractivity (Wildman–Crippen MR) is 103 cm³/mol. The summed E-state index contributed by atoms with van der Waals surface area (Å²) >= 11 is 24.2.